The van der Waals surface area contributed by atoms with E-state index in [1.165, 1.54) is 29.3 Å². The zero-order chi connectivity index (χ0) is 28.4. The molecule has 1 amide bonds. The van der Waals surface area contributed by atoms with Gasteiger partial charge in [-0.2, -0.15) is 13.1 Å². The number of amides is 1. The lowest BCUT2D eigenvalue weighted by molar-refractivity contribution is -0.134. The van der Waals surface area contributed by atoms with Gasteiger partial charge in [-0.05, 0) is 77.2 Å². The molecule has 0 spiro atoms. The molecule has 12 heteroatoms. The molecule has 1 aliphatic carbocycles. The van der Waals surface area contributed by atoms with Crippen LogP contribution in [0, 0.1) is 12.8 Å². The number of nitrogens with one attached hydrogen (secondary N) is 1. The molecule has 216 valence electrons. The first kappa shape index (κ1) is 29.0. The summed E-state index contributed by atoms with van der Waals surface area (Å²) in [6, 6.07) is 9.07. The fraction of sp³-hybridized carbons (Fsp3) is 0.536. The van der Waals surface area contributed by atoms with Crippen molar-refractivity contribution >= 4 is 38.0 Å². The molecule has 0 bridgehead atoms. The van der Waals surface area contributed by atoms with E-state index < -0.39 is 10.2 Å². The number of aryl methyl sites for hydroxylation is 3. The highest BCUT2D eigenvalue weighted by molar-refractivity contribution is 9.10. The summed E-state index contributed by atoms with van der Waals surface area (Å²) in [6.45, 7) is 6.31. The van der Waals surface area contributed by atoms with Crippen LogP contribution in [-0.2, 0) is 27.8 Å². The van der Waals surface area contributed by atoms with Crippen LogP contribution >= 0.6 is 15.9 Å². The molecule has 1 aromatic carbocycles. The summed E-state index contributed by atoms with van der Waals surface area (Å²) in [5, 5.41) is 0. The maximum Gasteiger partial charge on any atom is 0.322 e. The van der Waals surface area contributed by atoms with Crippen molar-refractivity contribution in [2.75, 3.05) is 46.3 Å². The van der Waals surface area contributed by atoms with Gasteiger partial charge in [0.15, 0.2) is 0 Å². The molecule has 0 radical (unpaired) electrons. The first-order valence-electron chi connectivity index (χ1n) is 13.9. The number of benzene rings is 1. The maximum absolute atomic E-state index is 13.3. The summed E-state index contributed by atoms with van der Waals surface area (Å²) < 4.78 is 30.1. The van der Waals surface area contributed by atoms with Gasteiger partial charge in [-0.1, -0.05) is 23.8 Å². The number of guanidine groups is 1. The lowest BCUT2D eigenvalue weighted by Gasteiger charge is -2.40. The van der Waals surface area contributed by atoms with Crippen molar-refractivity contribution in [1.82, 2.24) is 24.4 Å². The number of carbonyl (C=O) groups is 1. The van der Waals surface area contributed by atoms with E-state index in [-0.39, 0.29) is 23.8 Å². The largest absolute Gasteiger partial charge is 0.369 e. The average molecular weight is 633 g/mol. The fourth-order valence-corrected chi connectivity index (χ4v) is 6.97. The number of piperazine rings is 1. The third-order valence-corrected chi connectivity index (χ3v) is 9.77. The van der Waals surface area contributed by atoms with Gasteiger partial charge in [0, 0.05) is 63.4 Å². The molecule has 1 atom stereocenters. The van der Waals surface area contributed by atoms with Gasteiger partial charge in [-0.3, -0.25) is 14.7 Å². The summed E-state index contributed by atoms with van der Waals surface area (Å²) in [5.74, 6) is 0.438. The molecule has 3 heterocycles. The molecule has 3 aliphatic rings. The van der Waals surface area contributed by atoms with Gasteiger partial charge >= 0.3 is 10.2 Å². The molecular formula is C28H38BrN7O3S. The highest BCUT2D eigenvalue weighted by Gasteiger charge is 2.34. The number of piperidine rings is 1. The van der Waals surface area contributed by atoms with Crippen LogP contribution in [0.15, 0.2) is 39.3 Å². The molecule has 2 fully saturated rings. The van der Waals surface area contributed by atoms with Crippen LogP contribution in [0.1, 0.15) is 53.3 Å². The molecule has 10 nitrogen and oxygen atoms in total. The van der Waals surface area contributed by atoms with Crippen LogP contribution in [0.4, 0.5) is 0 Å². The highest BCUT2D eigenvalue weighted by atomic mass is 79.9. The molecule has 0 saturated carbocycles. The Morgan fingerprint density at radius 1 is 1.07 bits per heavy atom. The molecule has 2 aromatic rings. The van der Waals surface area contributed by atoms with Crippen molar-refractivity contribution in [3.63, 3.8) is 0 Å². The van der Waals surface area contributed by atoms with Crippen LogP contribution in [0.3, 0.4) is 0 Å². The van der Waals surface area contributed by atoms with Crippen molar-refractivity contribution in [2.24, 2.45) is 16.0 Å². The summed E-state index contributed by atoms with van der Waals surface area (Å²) >= 11 is 3.61. The van der Waals surface area contributed by atoms with Gasteiger partial charge in [-0.25, -0.2) is 0 Å². The Morgan fingerprint density at radius 3 is 2.48 bits per heavy atom. The Bertz CT molecular complexity index is 1330. The third kappa shape index (κ3) is 6.50. The Balaban J connectivity index is 1.21. The first-order valence-corrected chi connectivity index (χ1v) is 16.2. The topological polar surface area (TPSA) is 124 Å². The number of pyridine rings is 1. The highest BCUT2D eigenvalue weighted by Crippen LogP contribution is 2.37. The Kier molecular flexibility index (Phi) is 8.79. The van der Waals surface area contributed by atoms with E-state index in [0.717, 1.165) is 48.9 Å². The van der Waals surface area contributed by atoms with Gasteiger partial charge in [-0.15, -0.1) is 4.40 Å². The van der Waals surface area contributed by atoms with Crippen molar-refractivity contribution in [3.8, 4) is 0 Å². The molecule has 1 unspecified atom stereocenters. The number of aromatic nitrogens is 1. The molecule has 1 aromatic heterocycles. The van der Waals surface area contributed by atoms with Crippen LogP contribution in [0.2, 0.25) is 0 Å². The number of rotatable bonds is 5. The van der Waals surface area contributed by atoms with E-state index in [0.29, 0.717) is 32.6 Å². The van der Waals surface area contributed by atoms with Crippen LogP contribution in [-0.4, -0.2) is 86.3 Å². The Labute approximate surface area is 245 Å². The second kappa shape index (κ2) is 12.1. The molecule has 40 heavy (non-hydrogen) atoms. The van der Waals surface area contributed by atoms with Crippen LogP contribution in [0.5, 0.6) is 0 Å². The predicted molar refractivity (Wildman–Crippen MR) is 159 cm³/mol. The zero-order valence-electron chi connectivity index (χ0n) is 23.1. The summed E-state index contributed by atoms with van der Waals surface area (Å²) in [4.78, 5) is 24.4. The zero-order valence-corrected chi connectivity index (χ0v) is 25.5. The molecule has 2 aliphatic heterocycles. The fourth-order valence-electron chi connectivity index (χ4n) is 6.14. The number of nitrogens with two attached hydrogens (primary N) is 1. The lowest BCUT2D eigenvalue weighted by atomic mass is 9.92. The SMILES string of the molecule is CNS(=O)(=O)/N=C(\N)N1CCC(CC(=O)N2CCN(C3c4ccc(C)cc4CCc4cc(Br)cnc43)CC2)CC1. The van der Waals surface area contributed by atoms with E-state index in [9.17, 15) is 13.2 Å². The van der Waals surface area contributed by atoms with E-state index in [1.807, 2.05) is 11.1 Å². The number of likely N-dealkylation sites (tertiary alicyclic amines) is 1. The van der Waals surface area contributed by atoms with E-state index in [4.69, 9.17) is 10.7 Å². The van der Waals surface area contributed by atoms with Crippen molar-refractivity contribution in [2.45, 2.75) is 45.1 Å². The minimum absolute atomic E-state index is 0.00563. The molecule has 5 rings (SSSR count). The van der Waals surface area contributed by atoms with Gasteiger partial charge in [0.1, 0.15) is 0 Å². The monoisotopic (exact) mass is 631 g/mol. The van der Waals surface area contributed by atoms with Gasteiger partial charge in [0.2, 0.25) is 11.9 Å². The second-order valence-electron chi connectivity index (χ2n) is 11.0. The normalized spacial score (nSPS) is 21.1. The molecular weight excluding hydrogens is 594 g/mol. The predicted octanol–water partition coefficient (Wildman–Crippen LogP) is 2.37. The van der Waals surface area contributed by atoms with Crippen molar-refractivity contribution in [1.29, 1.82) is 0 Å². The molecule has 2 saturated heterocycles. The van der Waals surface area contributed by atoms with Crippen molar-refractivity contribution in [3.05, 3.63) is 62.9 Å². The summed E-state index contributed by atoms with van der Waals surface area (Å²) in [6.07, 6.45) is 5.92. The van der Waals surface area contributed by atoms with Gasteiger partial charge in [0.05, 0.1) is 11.7 Å². The molecule has 3 N–H and O–H groups in total. The standard InChI is InChI=1S/C28H38BrN7O3S/c1-19-3-6-24-21(15-19)4-5-22-17-23(29)18-32-26(22)27(24)35-13-11-34(12-14-35)25(37)16-20-7-9-36(10-8-20)28(30)33-40(38,39)31-2/h3,6,15,17-18,20,27,31H,4-5,7-14,16H2,1-2H3,(H2,30,33). The second-order valence-corrected chi connectivity index (χ2v) is 13.4. The number of carbonyl (C=O) groups excluding carboxylic acids is 1. The van der Waals surface area contributed by atoms with Crippen LogP contribution < -0.4 is 10.5 Å². The number of nitrogens with zero attached hydrogens (tertiary/aromatic N) is 5. The first-order chi connectivity index (χ1) is 19.1. The average Bonchev–Trinajstić information content (AvgIpc) is 3.09. The minimum atomic E-state index is -3.77. The third-order valence-electron chi connectivity index (χ3n) is 8.39. The number of hydrogen-bond donors (Lipinski definition) is 2. The quantitative estimate of drug-likeness (QED) is 0.383. The minimum Gasteiger partial charge on any atom is -0.369 e. The lowest BCUT2D eigenvalue weighted by Crippen LogP contribution is -2.50. The maximum atomic E-state index is 13.3. The van der Waals surface area contributed by atoms with Gasteiger partial charge < -0.3 is 15.5 Å². The number of halogens is 1. The number of fused-ring (bicyclic) bond motifs is 2. The van der Waals surface area contributed by atoms with Crippen molar-refractivity contribution < 1.29 is 13.2 Å². The smallest absolute Gasteiger partial charge is 0.322 e. The number of hydrogen-bond acceptors (Lipinski definition) is 5. The van der Waals surface area contributed by atoms with Gasteiger partial charge in [0.25, 0.3) is 0 Å². The van der Waals surface area contributed by atoms with E-state index in [1.54, 1.807) is 4.90 Å². The summed E-state index contributed by atoms with van der Waals surface area (Å²) in [7, 11) is -2.47. The van der Waals surface area contributed by atoms with Crippen LogP contribution in [0.25, 0.3) is 0 Å². The Hall–Kier alpha value is -2.54. The van der Waals surface area contributed by atoms with E-state index in [2.05, 4.69) is 61.1 Å². The van der Waals surface area contributed by atoms with E-state index >= 15 is 0 Å². The summed E-state index contributed by atoms with van der Waals surface area (Å²) in [5.41, 5.74) is 12.3. The Morgan fingerprint density at radius 2 is 1.77 bits per heavy atom.